The monoisotopic (exact) mass is 704 g/mol. The van der Waals surface area contributed by atoms with E-state index in [9.17, 15) is 0 Å². The van der Waals surface area contributed by atoms with Gasteiger partial charge in [-0.05, 0) is 102 Å². The Balaban J connectivity index is 1.36. The summed E-state index contributed by atoms with van der Waals surface area (Å²) in [5, 5.41) is 2.84. The van der Waals surface area contributed by atoms with Crippen molar-refractivity contribution in [1.82, 2.24) is 0 Å². The van der Waals surface area contributed by atoms with Crippen molar-refractivity contribution < 1.29 is 4.43 Å². The molecule has 1 nitrogen and oxygen atoms in total. The summed E-state index contributed by atoms with van der Waals surface area (Å²) in [6, 6.07) is 50.8. The van der Waals surface area contributed by atoms with Gasteiger partial charge in [0.1, 0.15) is 0 Å². The molecule has 0 aliphatic heterocycles. The van der Waals surface area contributed by atoms with Crippen LogP contribution in [0, 0.1) is 0 Å². The Hall–Kier alpha value is -4.29. The fourth-order valence-corrected chi connectivity index (χ4v) is 12.6. The van der Waals surface area contributed by atoms with E-state index >= 15 is 0 Å². The lowest BCUT2D eigenvalue weighted by atomic mass is 9.97. The van der Waals surface area contributed by atoms with E-state index in [1.165, 1.54) is 38.2 Å². The number of hydrogen-bond donors (Lipinski definition) is 0. The summed E-state index contributed by atoms with van der Waals surface area (Å²) in [7, 11) is -3.79. The van der Waals surface area contributed by atoms with Crippen molar-refractivity contribution >= 4 is 45.0 Å². The zero-order valence-corrected chi connectivity index (χ0v) is 33.5. The molecule has 5 aromatic rings. The highest BCUT2D eigenvalue weighted by atomic mass is 28.4. The molecule has 3 heteroatoms. The van der Waals surface area contributed by atoms with Gasteiger partial charge in [-0.25, -0.2) is 0 Å². The largest absolute Gasteiger partial charge is 0.410 e. The van der Waals surface area contributed by atoms with Crippen molar-refractivity contribution in [2.75, 3.05) is 0 Å². The fraction of sp³-hybridized carbons (Fsp3) is 0.250. The van der Waals surface area contributed by atoms with Crippen LogP contribution in [-0.2, 0) is 4.43 Å². The van der Waals surface area contributed by atoms with Crippen LogP contribution in [0.5, 0.6) is 0 Å². The Morgan fingerprint density at radius 2 is 0.902 bits per heavy atom. The first-order valence-corrected chi connectivity index (χ1v) is 24.6. The molecular formula is C48H56OSi2. The summed E-state index contributed by atoms with van der Waals surface area (Å²) >= 11 is 0. The maximum atomic E-state index is 6.66. The van der Waals surface area contributed by atoms with Gasteiger partial charge in [-0.1, -0.05) is 183 Å². The normalized spacial score (nSPS) is 14.3. The van der Waals surface area contributed by atoms with Gasteiger partial charge in [0, 0.05) is 6.10 Å². The molecule has 0 bridgehead atoms. The minimum Gasteiger partial charge on any atom is -0.410 e. The Labute approximate surface area is 310 Å². The molecule has 0 fully saturated rings. The Morgan fingerprint density at radius 3 is 1.41 bits per heavy atom. The van der Waals surface area contributed by atoms with Crippen molar-refractivity contribution in [2.45, 2.75) is 76.9 Å². The molecule has 0 spiro atoms. The predicted molar refractivity (Wildman–Crippen MR) is 229 cm³/mol. The summed E-state index contributed by atoms with van der Waals surface area (Å²) < 4.78 is 6.66. The van der Waals surface area contributed by atoms with Crippen LogP contribution in [0.3, 0.4) is 0 Å². The summed E-state index contributed by atoms with van der Waals surface area (Å²) in [5.41, 5.74) is 6.98. The zero-order valence-electron chi connectivity index (χ0n) is 31.5. The number of rotatable bonds is 16. The Bertz CT molecular complexity index is 1860. The van der Waals surface area contributed by atoms with Gasteiger partial charge in [-0.2, -0.15) is 0 Å². The van der Waals surface area contributed by atoms with E-state index in [2.05, 4.69) is 216 Å². The predicted octanol–water partition coefficient (Wildman–Crippen LogP) is 12.2. The number of allylic oxidation sites excluding steroid dienone is 2. The van der Waals surface area contributed by atoms with E-state index in [4.69, 9.17) is 4.43 Å². The lowest BCUT2D eigenvalue weighted by molar-refractivity contribution is 0.221. The Morgan fingerprint density at radius 1 is 0.490 bits per heavy atom. The highest BCUT2D eigenvalue weighted by Gasteiger charge is 2.33. The van der Waals surface area contributed by atoms with Gasteiger partial charge in [0.15, 0.2) is 0 Å². The highest BCUT2D eigenvalue weighted by Crippen LogP contribution is 2.31. The second-order valence-corrected chi connectivity index (χ2v) is 23.6. The van der Waals surface area contributed by atoms with Crippen molar-refractivity contribution in [3.63, 3.8) is 0 Å². The Kier molecular flexibility index (Phi) is 13.6. The fourth-order valence-electron chi connectivity index (χ4n) is 7.11. The molecule has 0 N–H and O–H groups in total. The van der Waals surface area contributed by atoms with Crippen LogP contribution in [0.15, 0.2) is 158 Å². The number of benzene rings is 5. The third-order valence-electron chi connectivity index (χ3n) is 10.2. The molecule has 0 saturated heterocycles. The third kappa shape index (κ3) is 11.1. The van der Waals surface area contributed by atoms with Gasteiger partial charge < -0.3 is 4.43 Å². The first-order valence-electron chi connectivity index (χ1n) is 18.7. The van der Waals surface area contributed by atoms with Gasteiger partial charge in [0.2, 0.25) is 8.32 Å². The van der Waals surface area contributed by atoms with Crippen LogP contribution >= 0.6 is 0 Å². The molecule has 0 aliphatic rings. The van der Waals surface area contributed by atoms with Crippen LogP contribution in [0.25, 0.3) is 18.2 Å². The lowest BCUT2D eigenvalue weighted by Crippen LogP contribution is -2.47. The van der Waals surface area contributed by atoms with Gasteiger partial charge in [-0.15, -0.1) is 0 Å². The van der Waals surface area contributed by atoms with Crippen molar-refractivity contribution in [2.24, 2.45) is 0 Å². The molecule has 3 atom stereocenters. The standard InChI is InChI=1S/C48H56OSi2/c1-39(44-27-11-7-12-28-44)22-19-24-41-36-42(25-20-23-40(2)49-51(5,6)47-33-17-10-18-34-47)38-43(37-41)26-21-35-48(45-29-13-8-14-30-45)50(3,4)46-31-15-9-16-32-46/h7-21,24-34,36-40,48H,22-23,35H2,1-6H3/b24-19-,25-20-,26-21-. The molecule has 5 aromatic carbocycles. The highest BCUT2D eigenvalue weighted by molar-refractivity contribution is 6.91. The quantitative estimate of drug-likeness (QED) is 0.0929. The first kappa shape index (κ1) is 38.0. The third-order valence-corrected chi connectivity index (χ3v) is 17.0. The zero-order chi connectivity index (χ0) is 36.1. The van der Waals surface area contributed by atoms with E-state index in [-0.39, 0.29) is 6.10 Å². The van der Waals surface area contributed by atoms with E-state index < -0.39 is 16.4 Å². The second-order valence-electron chi connectivity index (χ2n) is 15.0. The van der Waals surface area contributed by atoms with Crippen molar-refractivity contribution in [3.8, 4) is 0 Å². The molecular weight excluding hydrogens is 649 g/mol. The van der Waals surface area contributed by atoms with Gasteiger partial charge >= 0.3 is 0 Å². The summed E-state index contributed by atoms with van der Waals surface area (Å²) in [5.74, 6) is 0.474. The average Bonchev–Trinajstić information content (AvgIpc) is 3.14. The van der Waals surface area contributed by atoms with Gasteiger partial charge in [0.05, 0.1) is 8.07 Å². The molecule has 0 saturated carbocycles. The average molecular weight is 705 g/mol. The molecule has 3 unspecified atom stereocenters. The molecule has 0 aliphatic carbocycles. The van der Waals surface area contributed by atoms with Gasteiger partial charge in [-0.3, -0.25) is 0 Å². The topological polar surface area (TPSA) is 9.23 Å². The summed E-state index contributed by atoms with van der Waals surface area (Å²) in [6.45, 7) is 14.1. The maximum absolute atomic E-state index is 6.66. The van der Waals surface area contributed by atoms with E-state index in [1.807, 2.05) is 0 Å². The van der Waals surface area contributed by atoms with Crippen molar-refractivity contribution in [1.29, 1.82) is 0 Å². The summed E-state index contributed by atoms with van der Waals surface area (Å²) in [6.07, 6.45) is 17.0. The molecule has 0 amide bonds. The van der Waals surface area contributed by atoms with Crippen LogP contribution in [0.1, 0.15) is 72.4 Å². The molecule has 51 heavy (non-hydrogen) atoms. The maximum Gasteiger partial charge on any atom is 0.218 e. The van der Waals surface area contributed by atoms with Crippen LogP contribution in [0.2, 0.25) is 26.2 Å². The summed E-state index contributed by atoms with van der Waals surface area (Å²) in [4.78, 5) is 0. The second kappa shape index (κ2) is 18.3. The molecule has 0 radical (unpaired) electrons. The van der Waals surface area contributed by atoms with Crippen molar-refractivity contribution in [3.05, 3.63) is 186 Å². The first-order chi connectivity index (χ1) is 24.6. The molecule has 0 heterocycles. The van der Waals surface area contributed by atoms with E-state index in [0.29, 0.717) is 11.5 Å². The molecule has 262 valence electrons. The molecule has 0 aromatic heterocycles. The van der Waals surface area contributed by atoms with Crippen LogP contribution < -0.4 is 10.4 Å². The van der Waals surface area contributed by atoms with Crippen LogP contribution in [0.4, 0.5) is 0 Å². The minimum absolute atomic E-state index is 0.150. The van der Waals surface area contributed by atoms with Crippen LogP contribution in [-0.4, -0.2) is 22.5 Å². The van der Waals surface area contributed by atoms with Gasteiger partial charge in [0.25, 0.3) is 0 Å². The van der Waals surface area contributed by atoms with E-state index in [0.717, 1.165) is 19.3 Å². The SMILES string of the molecule is CC(C/C=C\c1cc(/C=C\CC(C)c2ccccc2)cc(/C=C\CC(c2ccccc2)[Si](C)(C)c2ccccc2)c1)O[Si](C)(C)c1ccccc1. The smallest absolute Gasteiger partial charge is 0.218 e. The minimum atomic E-state index is -1.97. The lowest BCUT2D eigenvalue weighted by Gasteiger charge is -2.33. The van der Waals surface area contributed by atoms with E-state index in [1.54, 1.807) is 0 Å². The number of hydrogen-bond acceptors (Lipinski definition) is 1. The molecule has 5 rings (SSSR count).